The Morgan fingerprint density at radius 1 is 1.21 bits per heavy atom. The summed E-state index contributed by atoms with van der Waals surface area (Å²) >= 11 is 7.59. The van der Waals surface area contributed by atoms with Gasteiger partial charge in [0.15, 0.2) is 5.82 Å². The largest absolute Gasteiger partial charge is 0.300 e. The van der Waals surface area contributed by atoms with Gasteiger partial charge in [0, 0.05) is 28.2 Å². The number of carbonyl (C=O) groups is 1. The maximum atomic E-state index is 13.9. The van der Waals surface area contributed by atoms with Crippen LogP contribution in [0.5, 0.6) is 0 Å². The van der Waals surface area contributed by atoms with Crippen molar-refractivity contribution in [2.24, 2.45) is 0 Å². The number of Topliss-reactive ketones (excluding diaryl/α,β-unsaturated/α-hetero) is 1. The first kappa shape index (κ1) is 22.8. The molecular formula is C24H20ClF2N5OS. The molecule has 1 aliphatic heterocycles. The molecule has 1 saturated heterocycles. The fraction of sp³-hybridized carbons (Fsp3) is 0.250. The van der Waals surface area contributed by atoms with E-state index in [2.05, 4.69) is 20.2 Å². The lowest BCUT2D eigenvalue weighted by Crippen LogP contribution is -2.57. The van der Waals surface area contributed by atoms with Crippen molar-refractivity contribution in [3.63, 3.8) is 0 Å². The quantitative estimate of drug-likeness (QED) is 0.367. The Morgan fingerprint density at radius 3 is 2.62 bits per heavy atom. The van der Waals surface area contributed by atoms with Crippen LogP contribution >= 0.6 is 22.9 Å². The minimum atomic E-state index is -2.72. The van der Waals surface area contributed by atoms with Crippen LogP contribution in [0.2, 0.25) is 5.02 Å². The molecule has 3 aromatic heterocycles. The van der Waals surface area contributed by atoms with E-state index < -0.39 is 12.0 Å². The highest BCUT2D eigenvalue weighted by Gasteiger charge is 2.48. The zero-order chi connectivity index (χ0) is 23.9. The van der Waals surface area contributed by atoms with Crippen LogP contribution in [0.4, 0.5) is 8.78 Å². The normalized spacial score (nSPS) is 16.2. The van der Waals surface area contributed by atoms with Crippen molar-refractivity contribution in [2.75, 3.05) is 13.1 Å². The SMILES string of the molecule is CC(=O)Cc1cc(-c2cc(C(c3ccc(Cl)cc3)N3CC(F)(F)C3)c(-c3ncn[nH]3)s2)ccn1. The Balaban J connectivity index is 1.63. The molecule has 0 spiro atoms. The Bertz CT molecular complexity index is 1320. The van der Waals surface area contributed by atoms with Crippen molar-refractivity contribution in [1.29, 1.82) is 0 Å². The molecular weight excluding hydrogens is 480 g/mol. The lowest BCUT2D eigenvalue weighted by molar-refractivity contribution is -0.141. The molecule has 0 radical (unpaired) electrons. The first-order chi connectivity index (χ1) is 16.3. The van der Waals surface area contributed by atoms with Crippen molar-refractivity contribution in [1.82, 2.24) is 25.1 Å². The number of hydrogen-bond acceptors (Lipinski definition) is 6. The average Bonchev–Trinajstić information content (AvgIpc) is 3.44. The molecule has 1 aliphatic rings. The van der Waals surface area contributed by atoms with Gasteiger partial charge in [0.2, 0.25) is 0 Å². The minimum absolute atomic E-state index is 0.0281. The monoisotopic (exact) mass is 499 g/mol. The third-order valence-corrected chi connectivity index (χ3v) is 7.09. The first-order valence-corrected chi connectivity index (χ1v) is 11.8. The molecule has 6 nitrogen and oxygen atoms in total. The van der Waals surface area contributed by atoms with Gasteiger partial charge in [0.25, 0.3) is 5.92 Å². The van der Waals surface area contributed by atoms with Crippen molar-refractivity contribution >= 4 is 28.7 Å². The van der Waals surface area contributed by atoms with Crippen LogP contribution in [0.25, 0.3) is 21.1 Å². The van der Waals surface area contributed by atoms with E-state index >= 15 is 0 Å². The number of benzene rings is 1. The number of halogens is 3. The van der Waals surface area contributed by atoms with E-state index in [-0.39, 0.29) is 25.3 Å². The fourth-order valence-corrected chi connectivity index (χ4v) is 5.46. The molecule has 1 unspecified atom stereocenters. The van der Waals surface area contributed by atoms with E-state index in [0.29, 0.717) is 16.5 Å². The van der Waals surface area contributed by atoms with E-state index in [4.69, 9.17) is 11.6 Å². The molecule has 0 aliphatic carbocycles. The van der Waals surface area contributed by atoms with Crippen molar-refractivity contribution < 1.29 is 13.6 Å². The maximum Gasteiger partial charge on any atom is 0.273 e. The van der Waals surface area contributed by atoms with Crippen LogP contribution in [0.3, 0.4) is 0 Å². The molecule has 5 rings (SSSR count). The second kappa shape index (κ2) is 8.98. The number of rotatable bonds is 7. The summed E-state index contributed by atoms with van der Waals surface area (Å²) in [6, 6.07) is 12.6. The molecule has 1 aromatic carbocycles. The number of nitrogens with zero attached hydrogens (tertiary/aromatic N) is 4. The van der Waals surface area contributed by atoms with Crippen molar-refractivity contribution in [3.05, 3.63) is 76.8 Å². The maximum absolute atomic E-state index is 13.9. The lowest BCUT2D eigenvalue weighted by atomic mass is 9.93. The molecule has 1 atom stereocenters. The van der Waals surface area contributed by atoms with Gasteiger partial charge in [-0.05, 0) is 53.9 Å². The van der Waals surface area contributed by atoms with Crippen LogP contribution in [-0.4, -0.2) is 49.9 Å². The number of ketones is 1. The molecule has 0 bridgehead atoms. The number of H-pyrrole nitrogens is 1. The van der Waals surface area contributed by atoms with Crippen LogP contribution in [0.1, 0.15) is 29.8 Å². The summed E-state index contributed by atoms with van der Waals surface area (Å²) in [5.41, 5.74) is 3.28. The van der Waals surface area contributed by atoms with E-state index in [1.165, 1.54) is 24.6 Å². The highest BCUT2D eigenvalue weighted by atomic mass is 35.5. The van der Waals surface area contributed by atoms with Gasteiger partial charge in [0.1, 0.15) is 12.1 Å². The second-order valence-corrected chi connectivity index (χ2v) is 9.85. The van der Waals surface area contributed by atoms with E-state index in [1.54, 1.807) is 23.2 Å². The summed E-state index contributed by atoms with van der Waals surface area (Å²) in [6.07, 6.45) is 3.34. The molecule has 174 valence electrons. The van der Waals surface area contributed by atoms with E-state index in [9.17, 15) is 13.6 Å². The Hall–Kier alpha value is -3.01. The summed E-state index contributed by atoms with van der Waals surface area (Å²) in [6.45, 7) is 0.859. The Morgan fingerprint density at radius 2 is 1.97 bits per heavy atom. The summed E-state index contributed by atoms with van der Waals surface area (Å²) in [5, 5.41) is 7.47. The first-order valence-electron chi connectivity index (χ1n) is 10.6. The van der Waals surface area contributed by atoms with Gasteiger partial charge >= 0.3 is 0 Å². The Labute approximate surface area is 203 Å². The van der Waals surface area contributed by atoms with Crippen LogP contribution < -0.4 is 0 Å². The smallest absolute Gasteiger partial charge is 0.273 e. The third kappa shape index (κ3) is 4.64. The van der Waals surface area contributed by atoms with Gasteiger partial charge in [0.05, 0.1) is 24.0 Å². The van der Waals surface area contributed by atoms with Crippen LogP contribution in [-0.2, 0) is 11.2 Å². The summed E-state index contributed by atoms with van der Waals surface area (Å²) in [4.78, 5) is 23.7. The number of hydrogen-bond donors (Lipinski definition) is 1. The zero-order valence-electron chi connectivity index (χ0n) is 18.1. The van der Waals surface area contributed by atoms with Gasteiger partial charge in [-0.25, -0.2) is 13.8 Å². The number of aromatic nitrogens is 4. The van der Waals surface area contributed by atoms with Crippen molar-refractivity contribution in [3.8, 4) is 21.1 Å². The highest BCUT2D eigenvalue weighted by molar-refractivity contribution is 7.19. The predicted octanol–water partition coefficient (Wildman–Crippen LogP) is 5.42. The molecule has 1 fully saturated rings. The summed E-state index contributed by atoms with van der Waals surface area (Å²) < 4.78 is 27.8. The van der Waals surface area contributed by atoms with Gasteiger partial charge < -0.3 is 0 Å². The number of carbonyl (C=O) groups excluding carboxylic acids is 1. The number of aromatic amines is 1. The predicted molar refractivity (Wildman–Crippen MR) is 127 cm³/mol. The highest BCUT2D eigenvalue weighted by Crippen LogP contribution is 2.46. The average molecular weight is 500 g/mol. The van der Waals surface area contributed by atoms with Crippen LogP contribution in [0.15, 0.2) is 55.0 Å². The standard InChI is InChI=1S/C24H20ClF2N5OS/c1-14(33)8-18-9-16(6-7-28-18)20-10-19(22(34-20)23-29-13-30-31-23)21(32-11-24(26,27)12-32)15-2-4-17(25)5-3-15/h2-7,9-10,13,21H,8,11-12H2,1H3,(H,29,30,31). The molecule has 34 heavy (non-hydrogen) atoms. The number of pyridine rings is 1. The molecule has 0 amide bonds. The second-order valence-electron chi connectivity index (χ2n) is 8.36. The number of thiophene rings is 1. The van der Waals surface area contributed by atoms with E-state index in [0.717, 1.165) is 26.4 Å². The fourth-order valence-electron chi connectivity index (χ4n) is 4.20. The van der Waals surface area contributed by atoms with Gasteiger partial charge in [-0.1, -0.05) is 23.7 Å². The summed E-state index contributed by atoms with van der Waals surface area (Å²) in [7, 11) is 0. The molecule has 1 N–H and O–H groups in total. The topological polar surface area (TPSA) is 74.8 Å². The van der Waals surface area contributed by atoms with Gasteiger partial charge in [-0.15, -0.1) is 11.3 Å². The van der Waals surface area contributed by atoms with Gasteiger partial charge in [-0.2, -0.15) is 5.10 Å². The number of alkyl halides is 2. The van der Waals surface area contributed by atoms with Crippen LogP contribution in [0, 0.1) is 0 Å². The third-order valence-electron chi connectivity index (χ3n) is 5.64. The van der Waals surface area contributed by atoms with E-state index in [1.807, 2.05) is 30.3 Å². The molecule has 10 heteroatoms. The molecule has 0 saturated carbocycles. The summed E-state index contributed by atoms with van der Waals surface area (Å²) in [5.74, 6) is -2.13. The Kier molecular flexibility index (Phi) is 6.01. The number of nitrogens with one attached hydrogen (secondary N) is 1. The number of likely N-dealkylation sites (tertiary alicyclic amines) is 1. The molecule has 4 aromatic rings. The zero-order valence-corrected chi connectivity index (χ0v) is 19.7. The van der Waals surface area contributed by atoms with Crippen molar-refractivity contribution in [2.45, 2.75) is 25.3 Å². The minimum Gasteiger partial charge on any atom is -0.300 e. The molecule has 4 heterocycles. The van der Waals surface area contributed by atoms with Gasteiger partial charge in [-0.3, -0.25) is 19.8 Å². The lowest BCUT2D eigenvalue weighted by Gasteiger charge is -2.44.